The Morgan fingerprint density at radius 3 is 2.75 bits per heavy atom. The molecule has 1 aliphatic carbocycles. The van der Waals surface area contributed by atoms with E-state index < -0.39 is 0 Å². The number of thiophene rings is 1. The third-order valence-corrected chi connectivity index (χ3v) is 6.29. The van der Waals surface area contributed by atoms with Crippen LogP contribution in [0.5, 0.6) is 0 Å². The predicted molar refractivity (Wildman–Crippen MR) is 102 cm³/mol. The lowest BCUT2D eigenvalue weighted by Crippen LogP contribution is -2.22. The number of hydrogen-bond donors (Lipinski definition) is 0. The number of Topliss-reactive ketones (excluding diaryl/α,β-unsaturated/α-hetero) is 1. The molecule has 0 fully saturated rings. The van der Waals surface area contributed by atoms with Gasteiger partial charge in [-0.3, -0.25) is 4.79 Å². The van der Waals surface area contributed by atoms with Gasteiger partial charge >= 0.3 is 0 Å². The smallest absolute Gasteiger partial charge is 0.188 e. The van der Waals surface area contributed by atoms with Gasteiger partial charge in [0.05, 0.1) is 11.4 Å². The molecular formula is C19H24N2OS2. The first-order valence-corrected chi connectivity index (χ1v) is 10.4. The van der Waals surface area contributed by atoms with E-state index in [0.29, 0.717) is 10.9 Å². The van der Waals surface area contributed by atoms with Gasteiger partial charge in [-0.2, -0.15) is 0 Å². The number of rotatable bonds is 5. The van der Waals surface area contributed by atoms with Gasteiger partial charge in [0, 0.05) is 22.1 Å². The summed E-state index contributed by atoms with van der Waals surface area (Å²) < 4.78 is 0. The number of carbonyl (C=O) groups is 1. The van der Waals surface area contributed by atoms with Gasteiger partial charge in [0.25, 0.3) is 0 Å². The van der Waals surface area contributed by atoms with Gasteiger partial charge in [0.1, 0.15) is 5.78 Å². The maximum absolute atomic E-state index is 12.1. The summed E-state index contributed by atoms with van der Waals surface area (Å²) in [5, 5.41) is 3.01. The molecule has 0 atom stereocenters. The molecule has 128 valence electrons. The van der Waals surface area contributed by atoms with Crippen LogP contribution in [0.4, 0.5) is 0 Å². The van der Waals surface area contributed by atoms with Crippen molar-refractivity contribution in [1.82, 2.24) is 9.97 Å². The lowest BCUT2D eigenvalue weighted by Gasteiger charge is -2.18. The molecule has 3 rings (SSSR count). The maximum atomic E-state index is 12.1. The predicted octanol–water partition coefficient (Wildman–Crippen LogP) is 4.96. The van der Waals surface area contributed by atoms with Gasteiger partial charge in [0.15, 0.2) is 5.16 Å². The van der Waals surface area contributed by atoms with Crippen molar-refractivity contribution in [3.8, 4) is 11.3 Å². The number of aromatic nitrogens is 2. The molecule has 0 aliphatic heterocycles. The zero-order chi connectivity index (χ0) is 17.3. The third-order valence-electron chi connectivity index (χ3n) is 4.33. The van der Waals surface area contributed by atoms with Crippen LogP contribution in [-0.2, 0) is 24.1 Å². The SMILES string of the molecule is CCCc1scc2c1-c1nc(SCC(=O)C(C)(C)C)ncc1CC2. The second-order valence-electron chi connectivity index (χ2n) is 7.30. The van der Waals surface area contributed by atoms with Crippen molar-refractivity contribution >= 4 is 28.9 Å². The summed E-state index contributed by atoms with van der Waals surface area (Å²) in [6, 6.07) is 0. The molecule has 0 unspecified atom stereocenters. The molecule has 5 heteroatoms. The highest BCUT2D eigenvalue weighted by Crippen LogP contribution is 2.39. The molecule has 2 heterocycles. The Morgan fingerprint density at radius 2 is 2.04 bits per heavy atom. The highest BCUT2D eigenvalue weighted by Gasteiger charge is 2.24. The summed E-state index contributed by atoms with van der Waals surface area (Å²) in [6.07, 6.45) is 6.31. The van der Waals surface area contributed by atoms with Gasteiger partial charge in [-0.25, -0.2) is 9.97 Å². The molecule has 24 heavy (non-hydrogen) atoms. The van der Waals surface area contributed by atoms with Gasteiger partial charge in [-0.05, 0) is 35.8 Å². The van der Waals surface area contributed by atoms with Crippen LogP contribution in [-0.4, -0.2) is 21.5 Å². The largest absolute Gasteiger partial charge is 0.298 e. The fraction of sp³-hybridized carbons (Fsp3) is 0.526. The van der Waals surface area contributed by atoms with Crippen LogP contribution in [0.3, 0.4) is 0 Å². The zero-order valence-electron chi connectivity index (χ0n) is 14.8. The van der Waals surface area contributed by atoms with Crippen molar-refractivity contribution < 1.29 is 4.79 Å². The lowest BCUT2D eigenvalue weighted by atomic mass is 9.91. The summed E-state index contributed by atoms with van der Waals surface area (Å²) in [5.41, 5.74) is 4.80. The van der Waals surface area contributed by atoms with E-state index in [2.05, 4.69) is 17.3 Å². The van der Waals surface area contributed by atoms with E-state index in [1.165, 1.54) is 33.3 Å². The van der Waals surface area contributed by atoms with Crippen LogP contribution < -0.4 is 0 Å². The Morgan fingerprint density at radius 1 is 1.29 bits per heavy atom. The summed E-state index contributed by atoms with van der Waals surface area (Å²) in [7, 11) is 0. The fourth-order valence-corrected chi connectivity index (χ4v) is 4.96. The van der Waals surface area contributed by atoms with Crippen LogP contribution in [0, 0.1) is 5.41 Å². The van der Waals surface area contributed by atoms with Crippen molar-refractivity contribution in [2.45, 2.75) is 58.5 Å². The molecule has 0 saturated heterocycles. The second kappa shape index (κ2) is 6.96. The summed E-state index contributed by atoms with van der Waals surface area (Å²) in [5.74, 6) is 0.664. The second-order valence-corrected chi connectivity index (χ2v) is 9.20. The Hall–Kier alpha value is -1.20. The number of carbonyl (C=O) groups excluding carboxylic acids is 1. The lowest BCUT2D eigenvalue weighted by molar-refractivity contribution is -0.123. The number of fused-ring (bicyclic) bond motifs is 3. The topological polar surface area (TPSA) is 42.9 Å². The monoisotopic (exact) mass is 360 g/mol. The van der Waals surface area contributed by atoms with Crippen LogP contribution >= 0.6 is 23.1 Å². The Labute approximate surface area is 152 Å². The Bertz CT molecular complexity index is 759. The van der Waals surface area contributed by atoms with Crippen molar-refractivity contribution in [3.05, 3.63) is 27.6 Å². The quantitative estimate of drug-likeness (QED) is 0.558. The van der Waals surface area contributed by atoms with Crippen LogP contribution in [0.15, 0.2) is 16.7 Å². The molecule has 2 aromatic rings. The molecular weight excluding hydrogens is 336 g/mol. The molecule has 0 spiro atoms. The average Bonchev–Trinajstić information content (AvgIpc) is 2.95. The minimum absolute atomic E-state index is 0.233. The number of hydrogen-bond acceptors (Lipinski definition) is 5. The fourth-order valence-electron chi connectivity index (χ4n) is 2.79. The highest BCUT2D eigenvalue weighted by molar-refractivity contribution is 7.99. The standard InChI is InChI=1S/C19H24N2OS2/c1-5-6-14-16-13(10-23-14)8-7-12-9-20-18(21-17(12)16)24-11-15(22)19(2,3)4/h9-10H,5-8,11H2,1-4H3. The summed E-state index contributed by atoms with van der Waals surface area (Å²) in [6.45, 7) is 8.09. The first-order valence-electron chi connectivity index (χ1n) is 8.51. The van der Waals surface area contributed by atoms with E-state index in [-0.39, 0.29) is 11.2 Å². The van der Waals surface area contributed by atoms with Gasteiger partial charge in [-0.1, -0.05) is 45.9 Å². The van der Waals surface area contributed by atoms with Crippen LogP contribution in [0.1, 0.15) is 50.1 Å². The number of ketones is 1. The average molecular weight is 361 g/mol. The number of thioether (sulfide) groups is 1. The minimum Gasteiger partial charge on any atom is -0.298 e. The van der Waals surface area contributed by atoms with Gasteiger partial charge < -0.3 is 0 Å². The third kappa shape index (κ3) is 3.57. The van der Waals surface area contributed by atoms with Crippen molar-refractivity contribution in [3.63, 3.8) is 0 Å². The Balaban J connectivity index is 1.87. The van der Waals surface area contributed by atoms with E-state index >= 15 is 0 Å². The molecule has 0 amide bonds. The molecule has 0 saturated carbocycles. The summed E-state index contributed by atoms with van der Waals surface area (Å²) >= 11 is 3.32. The first kappa shape index (κ1) is 17.6. The van der Waals surface area contributed by atoms with Crippen molar-refractivity contribution in [2.24, 2.45) is 5.41 Å². The first-order chi connectivity index (χ1) is 11.4. The maximum Gasteiger partial charge on any atom is 0.188 e. The van der Waals surface area contributed by atoms with E-state index in [1.54, 1.807) is 0 Å². The zero-order valence-corrected chi connectivity index (χ0v) is 16.4. The molecule has 3 nitrogen and oxygen atoms in total. The number of nitrogens with zero attached hydrogens (tertiary/aromatic N) is 2. The van der Waals surface area contributed by atoms with Gasteiger partial charge in [-0.15, -0.1) is 11.3 Å². The highest BCUT2D eigenvalue weighted by atomic mass is 32.2. The van der Waals surface area contributed by atoms with E-state index in [1.807, 2.05) is 38.3 Å². The number of aryl methyl sites for hydroxylation is 3. The molecule has 0 bridgehead atoms. The van der Waals surface area contributed by atoms with Crippen molar-refractivity contribution in [1.29, 1.82) is 0 Å². The molecule has 0 aromatic carbocycles. The summed E-state index contributed by atoms with van der Waals surface area (Å²) in [4.78, 5) is 22.9. The van der Waals surface area contributed by atoms with Crippen molar-refractivity contribution in [2.75, 3.05) is 5.75 Å². The normalized spacial score (nSPS) is 13.5. The van der Waals surface area contributed by atoms with E-state index in [9.17, 15) is 4.79 Å². The Kier molecular flexibility index (Phi) is 5.11. The molecule has 0 N–H and O–H groups in total. The molecule has 1 aliphatic rings. The van der Waals surface area contributed by atoms with Crippen LogP contribution in [0.2, 0.25) is 0 Å². The van der Waals surface area contributed by atoms with E-state index in [0.717, 1.165) is 31.4 Å². The van der Waals surface area contributed by atoms with Gasteiger partial charge in [0.2, 0.25) is 0 Å². The minimum atomic E-state index is -0.309. The van der Waals surface area contributed by atoms with E-state index in [4.69, 9.17) is 4.98 Å². The molecule has 0 radical (unpaired) electrons. The molecule has 2 aromatic heterocycles. The van der Waals surface area contributed by atoms with Crippen LogP contribution in [0.25, 0.3) is 11.3 Å².